The molecule has 2 heterocycles. The van der Waals surface area contributed by atoms with Crippen LogP contribution in [0.1, 0.15) is 57.0 Å². The van der Waals surface area contributed by atoms with Gasteiger partial charge in [-0.05, 0) is 71.1 Å². The predicted molar refractivity (Wildman–Crippen MR) is 116 cm³/mol. The molecule has 1 fully saturated rings. The van der Waals surface area contributed by atoms with Gasteiger partial charge in [0.15, 0.2) is 11.0 Å². The van der Waals surface area contributed by atoms with Gasteiger partial charge < -0.3 is 14.2 Å². The minimum absolute atomic E-state index is 0.188. The molecule has 29 heavy (non-hydrogen) atoms. The Morgan fingerprint density at radius 2 is 1.93 bits per heavy atom. The minimum atomic E-state index is 0.188. The monoisotopic (exact) mass is 416 g/mol. The van der Waals surface area contributed by atoms with Crippen LogP contribution in [-0.2, 0) is 17.9 Å². The zero-order valence-electron chi connectivity index (χ0n) is 18.1. The Morgan fingerprint density at radius 3 is 2.62 bits per heavy atom. The third kappa shape index (κ3) is 4.94. The minimum Gasteiger partial charge on any atom is -0.485 e. The van der Waals surface area contributed by atoms with E-state index in [2.05, 4.69) is 50.9 Å². The number of carbonyl (C=O) groups excluding carboxylic acids is 1. The van der Waals surface area contributed by atoms with E-state index in [1.54, 1.807) is 0 Å². The lowest BCUT2D eigenvalue weighted by atomic mass is 9.98. The lowest BCUT2D eigenvalue weighted by Crippen LogP contribution is -2.48. The van der Waals surface area contributed by atoms with Gasteiger partial charge in [0.25, 0.3) is 0 Å². The largest absolute Gasteiger partial charge is 0.485 e. The van der Waals surface area contributed by atoms with Crippen LogP contribution < -0.4 is 4.74 Å². The smallest absolute Gasteiger partial charge is 0.233 e. The molecular formula is C22H32N4O2S. The van der Waals surface area contributed by atoms with Crippen LogP contribution in [0.25, 0.3) is 0 Å². The van der Waals surface area contributed by atoms with Crippen LogP contribution in [0, 0.1) is 13.8 Å². The van der Waals surface area contributed by atoms with Gasteiger partial charge in [-0.15, -0.1) is 10.2 Å². The van der Waals surface area contributed by atoms with E-state index in [1.165, 1.54) is 23.7 Å². The maximum absolute atomic E-state index is 12.8. The summed E-state index contributed by atoms with van der Waals surface area (Å²) >= 11 is 1.47. The molecule has 2 aromatic rings. The molecule has 158 valence electrons. The van der Waals surface area contributed by atoms with E-state index in [1.807, 2.05) is 21.6 Å². The average molecular weight is 417 g/mol. The van der Waals surface area contributed by atoms with Gasteiger partial charge >= 0.3 is 0 Å². The third-order valence-electron chi connectivity index (χ3n) is 5.83. The number of hydrogen-bond acceptors (Lipinski definition) is 5. The quantitative estimate of drug-likeness (QED) is 0.627. The van der Waals surface area contributed by atoms with Crippen LogP contribution in [0.15, 0.2) is 23.4 Å². The molecule has 7 heteroatoms. The SMILES string of the molecule is CCn1c(COc2cccc(C)c2C)nnc1SCC(=O)N1[C@@H](C)CCC[C@@H]1C. The molecule has 0 unspecified atom stereocenters. The van der Waals surface area contributed by atoms with Crippen LogP contribution in [0.5, 0.6) is 5.75 Å². The Kier molecular flexibility index (Phi) is 7.22. The third-order valence-corrected chi connectivity index (χ3v) is 6.78. The van der Waals surface area contributed by atoms with Gasteiger partial charge in [0.1, 0.15) is 12.4 Å². The maximum Gasteiger partial charge on any atom is 0.233 e. The number of thioether (sulfide) groups is 1. The van der Waals surface area contributed by atoms with Crippen molar-refractivity contribution in [2.75, 3.05) is 5.75 Å². The first-order valence-electron chi connectivity index (χ1n) is 10.5. The lowest BCUT2D eigenvalue weighted by Gasteiger charge is -2.39. The number of piperidine rings is 1. The zero-order chi connectivity index (χ0) is 21.0. The number of rotatable bonds is 7. The van der Waals surface area contributed by atoms with Crippen molar-refractivity contribution in [1.82, 2.24) is 19.7 Å². The lowest BCUT2D eigenvalue weighted by molar-refractivity contribution is -0.134. The standard InChI is InChI=1S/C22H32N4O2S/c1-6-25-20(13-28-19-12-7-9-15(2)18(19)5)23-24-22(25)29-14-21(27)26-16(3)10-8-11-17(26)4/h7,9,12,16-17H,6,8,10-11,13-14H2,1-5H3/t16-,17-/m0/s1. The summed E-state index contributed by atoms with van der Waals surface area (Å²) in [6.45, 7) is 11.6. The van der Waals surface area contributed by atoms with E-state index in [9.17, 15) is 4.79 Å². The molecule has 1 saturated heterocycles. The molecule has 0 saturated carbocycles. The summed E-state index contributed by atoms with van der Waals surface area (Å²) < 4.78 is 8.03. The first-order chi connectivity index (χ1) is 13.9. The number of likely N-dealkylation sites (tertiary alicyclic amines) is 1. The molecule has 1 aliphatic heterocycles. The van der Waals surface area contributed by atoms with E-state index in [-0.39, 0.29) is 5.91 Å². The fourth-order valence-electron chi connectivity index (χ4n) is 3.99. The summed E-state index contributed by atoms with van der Waals surface area (Å²) in [5.74, 6) is 2.23. The Morgan fingerprint density at radius 1 is 1.21 bits per heavy atom. The summed E-state index contributed by atoms with van der Waals surface area (Å²) in [6, 6.07) is 6.68. The van der Waals surface area contributed by atoms with Crippen molar-refractivity contribution in [3.8, 4) is 5.75 Å². The van der Waals surface area contributed by atoms with Crippen molar-refractivity contribution < 1.29 is 9.53 Å². The predicted octanol–water partition coefficient (Wildman–Crippen LogP) is 4.38. The van der Waals surface area contributed by atoms with Crippen molar-refractivity contribution in [3.05, 3.63) is 35.2 Å². The second kappa shape index (κ2) is 9.65. The highest BCUT2D eigenvalue weighted by Gasteiger charge is 2.29. The summed E-state index contributed by atoms with van der Waals surface area (Å²) in [4.78, 5) is 14.9. The summed E-state index contributed by atoms with van der Waals surface area (Å²) in [7, 11) is 0. The fourth-order valence-corrected chi connectivity index (χ4v) is 4.88. The van der Waals surface area contributed by atoms with Crippen molar-refractivity contribution in [2.24, 2.45) is 0 Å². The van der Waals surface area contributed by atoms with Crippen LogP contribution in [0.3, 0.4) is 0 Å². The number of aromatic nitrogens is 3. The van der Waals surface area contributed by atoms with E-state index >= 15 is 0 Å². The van der Waals surface area contributed by atoms with Gasteiger partial charge in [-0.1, -0.05) is 23.9 Å². The topological polar surface area (TPSA) is 60.2 Å². The molecule has 1 amide bonds. The number of carbonyl (C=O) groups is 1. The molecule has 0 aliphatic carbocycles. The summed E-state index contributed by atoms with van der Waals surface area (Å²) in [6.07, 6.45) is 3.38. The van der Waals surface area contributed by atoms with Gasteiger partial charge in [-0.3, -0.25) is 4.79 Å². The molecular weight excluding hydrogens is 384 g/mol. The number of benzene rings is 1. The summed E-state index contributed by atoms with van der Waals surface area (Å²) in [5, 5.41) is 9.41. The van der Waals surface area contributed by atoms with Crippen LogP contribution in [0.2, 0.25) is 0 Å². The molecule has 3 rings (SSSR count). The zero-order valence-corrected chi connectivity index (χ0v) is 19.0. The summed E-state index contributed by atoms with van der Waals surface area (Å²) in [5.41, 5.74) is 2.34. The number of ether oxygens (including phenoxy) is 1. The first-order valence-corrected chi connectivity index (χ1v) is 11.5. The van der Waals surface area contributed by atoms with E-state index < -0.39 is 0 Å². The highest BCUT2D eigenvalue weighted by atomic mass is 32.2. The Bertz CT molecular complexity index is 841. The highest BCUT2D eigenvalue weighted by molar-refractivity contribution is 7.99. The van der Waals surface area contributed by atoms with Gasteiger partial charge in [0.2, 0.25) is 5.91 Å². The van der Waals surface area contributed by atoms with E-state index in [0.29, 0.717) is 24.4 Å². The Hall–Kier alpha value is -2.02. The molecule has 6 nitrogen and oxygen atoms in total. The van der Waals surface area contributed by atoms with Gasteiger partial charge in [-0.25, -0.2) is 0 Å². The molecule has 2 atom stereocenters. The first kappa shape index (κ1) is 21.7. The number of nitrogens with zero attached hydrogens (tertiary/aromatic N) is 4. The average Bonchev–Trinajstić information content (AvgIpc) is 3.09. The molecule has 1 aliphatic rings. The molecule has 0 radical (unpaired) electrons. The Labute approximate surface area is 178 Å². The van der Waals surface area contributed by atoms with Gasteiger partial charge in [0.05, 0.1) is 5.75 Å². The molecule has 0 bridgehead atoms. The number of hydrogen-bond donors (Lipinski definition) is 0. The van der Waals surface area contributed by atoms with Crippen LogP contribution in [-0.4, -0.2) is 43.4 Å². The van der Waals surface area contributed by atoms with E-state index in [4.69, 9.17) is 4.74 Å². The molecule has 1 aromatic heterocycles. The maximum atomic E-state index is 12.8. The van der Waals surface area contributed by atoms with Crippen LogP contribution in [0.4, 0.5) is 0 Å². The van der Waals surface area contributed by atoms with Gasteiger partial charge in [-0.2, -0.15) is 0 Å². The normalized spacial score (nSPS) is 19.4. The number of aryl methyl sites for hydroxylation is 1. The molecule has 0 N–H and O–H groups in total. The fraction of sp³-hybridized carbons (Fsp3) is 0.591. The molecule has 0 spiro atoms. The van der Waals surface area contributed by atoms with E-state index in [0.717, 1.165) is 41.7 Å². The second-order valence-electron chi connectivity index (χ2n) is 7.85. The van der Waals surface area contributed by atoms with Crippen molar-refractivity contribution in [3.63, 3.8) is 0 Å². The van der Waals surface area contributed by atoms with Crippen molar-refractivity contribution in [1.29, 1.82) is 0 Å². The van der Waals surface area contributed by atoms with Crippen molar-refractivity contribution in [2.45, 2.75) is 84.3 Å². The molecule has 1 aromatic carbocycles. The second-order valence-corrected chi connectivity index (χ2v) is 8.79. The Balaban J connectivity index is 1.63. The number of amides is 1. The van der Waals surface area contributed by atoms with Gasteiger partial charge in [0, 0.05) is 18.6 Å². The van der Waals surface area contributed by atoms with Crippen LogP contribution >= 0.6 is 11.8 Å². The van der Waals surface area contributed by atoms with Crippen molar-refractivity contribution >= 4 is 17.7 Å². The highest BCUT2D eigenvalue weighted by Crippen LogP contribution is 2.26.